The van der Waals surface area contributed by atoms with E-state index in [1.807, 2.05) is 0 Å². The third-order valence-corrected chi connectivity index (χ3v) is 7.33. The summed E-state index contributed by atoms with van der Waals surface area (Å²) >= 11 is 0. The lowest BCUT2D eigenvalue weighted by atomic mass is 9.61. The van der Waals surface area contributed by atoms with Gasteiger partial charge in [-0.15, -0.1) is 5.10 Å². The molecule has 3 aliphatic carbocycles. The number of aromatic amines is 1. The highest BCUT2D eigenvalue weighted by molar-refractivity contribution is 5.93. The minimum atomic E-state index is -0.797. The van der Waals surface area contributed by atoms with Crippen molar-refractivity contribution in [3.05, 3.63) is 36.5 Å². The second-order valence-corrected chi connectivity index (χ2v) is 9.48. The van der Waals surface area contributed by atoms with Gasteiger partial charge in [-0.25, -0.2) is 18.9 Å². The molecule has 180 valence electrons. The number of aromatic nitrogens is 5. The predicted molar refractivity (Wildman–Crippen MR) is 126 cm³/mol. The van der Waals surface area contributed by atoms with Crippen molar-refractivity contribution in [2.75, 3.05) is 10.6 Å². The summed E-state index contributed by atoms with van der Waals surface area (Å²) in [5.41, 5.74) is 2.21. The van der Waals surface area contributed by atoms with Crippen LogP contribution in [0.4, 0.5) is 15.9 Å². The summed E-state index contributed by atoms with van der Waals surface area (Å²) in [5.74, 6) is -0.851. The molecule has 3 fully saturated rings. The van der Waals surface area contributed by atoms with Crippen LogP contribution in [0.2, 0.25) is 0 Å². The molecule has 10 nitrogen and oxygen atoms in total. The second kappa shape index (κ2) is 8.03. The van der Waals surface area contributed by atoms with Gasteiger partial charge in [-0.2, -0.15) is 0 Å². The summed E-state index contributed by atoms with van der Waals surface area (Å²) in [5, 5.41) is 21.3. The molecule has 4 heterocycles. The van der Waals surface area contributed by atoms with Crippen LogP contribution >= 0.6 is 0 Å². The number of hydrogen-bond donors (Lipinski definition) is 4. The molecule has 4 N–H and O–H groups in total. The highest BCUT2D eigenvalue weighted by atomic mass is 19.1. The van der Waals surface area contributed by atoms with Crippen LogP contribution in [0.5, 0.6) is 0 Å². The highest BCUT2D eigenvalue weighted by Crippen LogP contribution is 2.46. The molecular formula is C24H24FN7O3. The minimum absolute atomic E-state index is 0.136. The van der Waals surface area contributed by atoms with Crippen LogP contribution in [0.25, 0.3) is 27.9 Å². The Bertz CT molecular complexity index is 1470. The molecule has 4 aromatic heterocycles. The van der Waals surface area contributed by atoms with E-state index in [9.17, 15) is 19.1 Å². The minimum Gasteiger partial charge on any atom is -0.481 e. The van der Waals surface area contributed by atoms with Crippen LogP contribution < -0.4 is 10.6 Å². The zero-order valence-electron chi connectivity index (χ0n) is 19.0. The topological polar surface area (TPSA) is 137 Å². The second-order valence-electron chi connectivity index (χ2n) is 9.48. The largest absolute Gasteiger partial charge is 0.481 e. The van der Waals surface area contributed by atoms with Crippen molar-refractivity contribution in [2.45, 2.75) is 38.6 Å². The first-order valence-electron chi connectivity index (χ1n) is 11.7. The predicted octanol–water partition coefficient (Wildman–Crippen LogP) is 3.67. The quantitative estimate of drug-likeness (QED) is 0.344. The van der Waals surface area contributed by atoms with Crippen molar-refractivity contribution in [3.8, 4) is 11.4 Å². The van der Waals surface area contributed by atoms with Gasteiger partial charge in [-0.1, -0.05) is 0 Å². The van der Waals surface area contributed by atoms with Crippen LogP contribution in [0.3, 0.4) is 0 Å². The summed E-state index contributed by atoms with van der Waals surface area (Å²) in [6, 6.07) is 2.85. The van der Waals surface area contributed by atoms with Crippen molar-refractivity contribution in [1.29, 1.82) is 0 Å². The Hall–Kier alpha value is -4.02. The third kappa shape index (κ3) is 3.67. The first kappa shape index (κ1) is 21.5. The van der Waals surface area contributed by atoms with Crippen molar-refractivity contribution in [3.63, 3.8) is 0 Å². The fourth-order valence-electron chi connectivity index (χ4n) is 5.82. The number of carboxylic acid groups (broad SMARTS) is 1. The zero-order chi connectivity index (χ0) is 24.3. The number of hydrogen-bond acceptors (Lipinski definition) is 6. The molecule has 35 heavy (non-hydrogen) atoms. The molecule has 1 unspecified atom stereocenters. The molecule has 3 saturated carbocycles. The van der Waals surface area contributed by atoms with Crippen LogP contribution in [-0.2, 0) is 9.59 Å². The number of carbonyl (C=O) groups is 2. The Morgan fingerprint density at radius 2 is 1.97 bits per heavy atom. The number of anilines is 2. The number of carbonyl (C=O) groups excluding carboxylic acids is 1. The number of carboxylic acids is 1. The van der Waals surface area contributed by atoms with E-state index in [2.05, 4.69) is 25.7 Å². The average Bonchev–Trinajstić information content (AvgIpc) is 3.42. The lowest BCUT2D eigenvalue weighted by Gasteiger charge is -2.47. The fraction of sp³-hybridized carbons (Fsp3) is 0.375. The summed E-state index contributed by atoms with van der Waals surface area (Å²) in [6.45, 7) is 1.42. The lowest BCUT2D eigenvalue weighted by molar-refractivity contribution is -0.148. The van der Waals surface area contributed by atoms with Crippen LogP contribution in [0.15, 0.2) is 30.7 Å². The number of pyridine rings is 1. The molecule has 0 aliphatic heterocycles. The van der Waals surface area contributed by atoms with Gasteiger partial charge in [0.25, 0.3) is 0 Å². The van der Waals surface area contributed by atoms with E-state index in [1.54, 1.807) is 23.0 Å². The molecular weight excluding hydrogens is 453 g/mol. The van der Waals surface area contributed by atoms with Gasteiger partial charge in [0.05, 0.1) is 24.0 Å². The lowest BCUT2D eigenvalue weighted by Crippen LogP contribution is -2.51. The SMILES string of the molecule is CC(=O)Nc1cc2c(NC3C4CCC(CC4)[C@@H]3C(=O)O)nc(-c3c[nH]c4ncc(F)cc34)nn2c1. The molecule has 0 saturated heterocycles. The van der Waals surface area contributed by atoms with Gasteiger partial charge >= 0.3 is 5.97 Å². The first-order valence-corrected chi connectivity index (χ1v) is 11.7. The van der Waals surface area contributed by atoms with E-state index in [0.29, 0.717) is 39.4 Å². The molecule has 0 spiro atoms. The van der Waals surface area contributed by atoms with Gasteiger partial charge in [0, 0.05) is 30.1 Å². The molecule has 0 aromatic carbocycles. The van der Waals surface area contributed by atoms with Crippen molar-refractivity contribution >= 4 is 39.9 Å². The number of nitrogens with zero attached hydrogens (tertiary/aromatic N) is 4. The Morgan fingerprint density at radius 1 is 1.20 bits per heavy atom. The fourth-order valence-corrected chi connectivity index (χ4v) is 5.82. The Kier molecular flexibility index (Phi) is 4.94. The van der Waals surface area contributed by atoms with Gasteiger partial charge in [0.1, 0.15) is 17.0 Å². The van der Waals surface area contributed by atoms with E-state index >= 15 is 0 Å². The summed E-state index contributed by atoms with van der Waals surface area (Å²) < 4.78 is 15.5. The first-order chi connectivity index (χ1) is 16.9. The zero-order valence-corrected chi connectivity index (χ0v) is 19.0. The molecule has 2 bridgehead atoms. The number of H-pyrrole nitrogens is 1. The smallest absolute Gasteiger partial charge is 0.308 e. The van der Waals surface area contributed by atoms with Gasteiger partial charge in [-0.05, 0) is 49.7 Å². The Morgan fingerprint density at radius 3 is 2.71 bits per heavy atom. The van der Waals surface area contributed by atoms with Gasteiger partial charge in [-0.3, -0.25) is 9.59 Å². The Balaban J connectivity index is 1.49. The number of halogens is 1. The van der Waals surface area contributed by atoms with Gasteiger partial charge < -0.3 is 20.7 Å². The number of aliphatic carboxylic acids is 1. The van der Waals surface area contributed by atoms with Crippen molar-refractivity contribution in [1.82, 2.24) is 24.6 Å². The average molecular weight is 478 g/mol. The normalized spacial score (nSPS) is 23.6. The third-order valence-electron chi connectivity index (χ3n) is 7.33. The molecule has 3 aliphatic rings. The molecule has 11 heteroatoms. The van der Waals surface area contributed by atoms with Crippen molar-refractivity contribution in [2.24, 2.45) is 17.8 Å². The number of amides is 1. The molecule has 7 rings (SSSR count). The number of fused-ring (bicyclic) bond motifs is 5. The maximum Gasteiger partial charge on any atom is 0.308 e. The maximum atomic E-state index is 14.0. The monoisotopic (exact) mass is 477 g/mol. The summed E-state index contributed by atoms with van der Waals surface area (Å²) in [7, 11) is 0. The molecule has 0 radical (unpaired) electrons. The van der Waals surface area contributed by atoms with E-state index < -0.39 is 17.7 Å². The molecule has 4 aromatic rings. The standard InChI is InChI=1S/C24H24FN7O3/c1-11(33)28-15-7-18-23(29-20-13-4-2-12(3-5-13)19(20)24(34)35)30-22(31-32(18)10-15)17-9-27-21-16(17)6-14(25)8-26-21/h6-10,12-13,19-20H,2-5H2,1H3,(H,26,27)(H,28,33)(H,34,35)(H,29,30,31)/t12?,13?,19-,20?/m0/s1. The maximum absolute atomic E-state index is 14.0. The molecule has 2 atom stereocenters. The highest BCUT2D eigenvalue weighted by Gasteiger charge is 2.47. The number of rotatable bonds is 5. The molecule has 1 amide bonds. The Labute approximate surface area is 199 Å². The van der Waals surface area contributed by atoms with Gasteiger partial charge in [0.2, 0.25) is 5.91 Å². The van der Waals surface area contributed by atoms with Crippen LogP contribution in [0.1, 0.15) is 32.6 Å². The van der Waals surface area contributed by atoms with E-state index in [0.717, 1.165) is 31.9 Å². The van der Waals surface area contributed by atoms with E-state index in [4.69, 9.17) is 4.98 Å². The van der Waals surface area contributed by atoms with Crippen LogP contribution in [-0.4, -0.2) is 47.6 Å². The van der Waals surface area contributed by atoms with Crippen molar-refractivity contribution < 1.29 is 19.1 Å². The van der Waals surface area contributed by atoms with Crippen LogP contribution in [0, 0.1) is 23.6 Å². The van der Waals surface area contributed by atoms with E-state index in [1.165, 1.54) is 13.0 Å². The summed E-state index contributed by atoms with van der Waals surface area (Å²) in [4.78, 5) is 35.7. The van der Waals surface area contributed by atoms with Gasteiger partial charge in [0.15, 0.2) is 11.6 Å². The summed E-state index contributed by atoms with van der Waals surface area (Å²) in [6.07, 6.45) is 8.28. The van der Waals surface area contributed by atoms with E-state index in [-0.39, 0.29) is 23.8 Å². The number of nitrogens with one attached hydrogen (secondary N) is 3.